The Morgan fingerprint density at radius 3 is 2.48 bits per heavy atom. The quantitative estimate of drug-likeness (QED) is 0.759. The molecule has 9 heteroatoms. The zero-order valence-corrected chi connectivity index (χ0v) is 13.4. The highest BCUT2D eigenvalue weighted by Crippen LogP contribution is 2.31. The maximum Gasteiger partial charge on any atom is 0.416 e. The largest absolute Gasteiger partial charge is 0.416 e. The number of halogens is 3. The van der Waals surface area contributed by atoms with E-state index in [1.807, 2.05) is 0 Å². The Balaban J connectivity index is 2.11. The van der Waals surface area contributed by atoms with Crippen molar-refractivity contribution in [2.45, 2.75) is 32.7 Å². The number of alkyl halides is 3. The molecule has 1 aromatic carbocycles. The normalized spacial score (nSPS) is 13.4. The molecule has 0 saturated heterocycles. The Morgan fingerprint density at radius 2 is 1.92 bits per heavy atom. The first-order valence-electron chi connectivity index (χ1n) is 7.48. The van der Waals surface area contributed by atoms with Gasteiger partial charge in [-0.15, -0.1) is 0 Å². The maximum atomic E-state index is 12.7. The summed E-state index contributed by atoms with van der Waals surface area (Å²) in [5.74, 6) is 0.378. The fourth-order valence-corrected chi connectivity index (χ4v) is 2.70. The van der Waals surface area contributed by atoms with Crippen molar-refractivity contribution < 1.29 is 18.3 Å². The Labute approximate surface area is 139 Å². The number of H-pyrrole nitrogens is 1. The van der Waals surface area contributed by atoms with Crippen LogP contribution in [0.15, 0.2) is 29.1 Å². The van der Waals surface area contributed by atoms with Crippen LogP contribution >= 0.6 is 0 Å². The van der Waals surface area contributed by atoms with E-state index in [4.69, 9.17) is 0 Å². The van der Waals surface area contributed by atoms with Gasteiger partial charge >= 0.3 is 6.18 Å². The number of aliphatic hydroxyl groups is 1. The zero-order chi connectivity index (χ0) is 18.4. The van der Waals surface area contributed by atoms with Gasteiger partial charge in [0.1, 0.15) is 16.9 Å². The first-order valence-corrected chi connectivity index (χ1v) is 7.48. The van der Waals surface area contributed by atoms with Gasteiger partial charge in [-0.3, -0.25) is 4.79 Å². The summed E-state index contributed by atoms with van der Waals surface area (Å²) in [4.78, 5) is 18.9. The van der Waals surface area contributed by atoms with Gasteiger partial charge in [0.15, 0.2) is 5.65 Å². The lowest BCUT2D eigenvalue weighted by molar-refractivity contribution is -0.137. The molecule has 132 valence electrons. The molecule has 0 saturated carbocycles. The van der Waals surface area contributed by atoms with Crippen LogP contribution in [-0.4, -0.2) is 24.9 Å². The average molecular weight is 352 g/mol. The molecule has 0 aliphatic rings. The average Bonchev–Trinajstić information content (AvgIpc) is 2.92. The highest BCUT2D eigenvalue weighted by atomic mass is 19.4. The van der Waals surface area contributed by atoms with Gasteiger partial charge in [0.25, 0.3) is 5.56 Å². The molecule has 0 amide bonds. The van der Waals surface area contributed by atoms with Gasteiger partial charge in [-0.05, 0) is 31.5 Å². The van der Waals surface area contributed by atoms with Gasteiger partial charge in [0.05, 0.1) is 18.2 Å². The highest BCUT2D eigenvalue weighted by Gasteiger charge is 2.30. The molecule has 2 heterocycles. The molecule has 0 spiro atoms. The van der Waals surface area contributed by atoms with Crippen LogP contribution in [0.5, 0.6) is 0 Å². The van der Waals surface area contributed by atoms with Gasteiger partial charge < -0.3 is 10.1 Å². The third-order valence-corrected chi connectivity index (χ3v) is 3.99. The lowest BCUT2D eigenvalue weighted by atomic mass is 10.1. The molecule has 0 fully saturated rings. The monoisotopic (exact) mass is 352 g/mol. The Hall–Kier alpha value is -2.68. The van der Waals surface area contributed by atoms with Crippen LogP contribution in [0.2, 0.25) is 0 Å². The molecule has 0 unspecified atom stereocenters. The van der Waals surface area contributed by atoms with Crippen molar-refractivity contribution in [2.24, 2.45) is 0 Å². The van der Waals surface area contributed by atoms with E-state index in [-0.39, 0.29) is 16.7 Å². The number of hydrogen-bond donors (Lipinski definition) is 2. The number of nitrogens with one attached hydrogen (secondary N) is 1. The van der Waals surface area contributed by atoms with Gasteiger partial charge in [-0.25, -0.2) is 9.67 Å². The first kappa shape index (κ1) is 17.2. The van der Waals surface area contributed by atoms with Crippen molar-refractivity contribution in [1.29, 1.82) is 0 Å². The van der Waals surface area contributed by atoms with E-state index in [1.165, 1.54) is 16.8 Å². The number of aryl methyl sites for hydroxylation is 1. The predicted octanol–water partition coefficient (Wildman–Crippen LogP) is 2.55. The van der Waals surface area contributed by atoms with Gasteiger partial charge in [-0.1, -0.05) is 12.1 Å². The maximum absolute atomic E-state index is 12.7. The summed E-state index contributed by atoms with van der Waals surface area (Å²) in [6, 6.07) is 4.24. The third kappa shape index (κ3) is 3.02. The Morgan fingerprint density at radius 1 is 1.28 bits per heavy atom. The molecule has 2 N–H and O–H groups in total. The van der Waals surface area contributed by atoms with Crippen molar-refractivity contribution in [1.82, 2.24) is 19.7 Å². The minimum atomic E-state index is -4.41. The zero-order valence-electron chi connectivity index (χ0n) is 13.4. The molecular formula is C16H15F3N4O2. The predicted molar refractivity (Wildman–Crippen MR) is 84.1 cm³/mol. The van der Waals surface area contributed by atoms with E-state index >= 15 is 0 Å². The molecular weight excluding hydrogens is 337 g/mol. The van der Waals surface area contributed by atoms with Crippen LogP contribution in [0, 0.1) is 6.92 Å². The van der Waals surface area contributed by atoms with Crippen molar-refractivity contribution in [2.75, 3.05) is 0 Å². The van der Waals surface area contributed by atoms with Crippen LogP contribution in [-0.2, 0) is 12.8 Å². The van der Waals surface area contributed by atoms with Gasteiger partial charge in [0, 0.05) is 0 Å². The van der Waals surface area contributed by atoms with Crippen LogP contribution in [0.25, 0.3) is 11.0 Å². The third-order valence-electron chi connectivity index (χ3n) is 3.99. The fourth-order valence-electron chi connectivity index (χ4n) is 2.70. The number of aromatic amines is 1. The second kappa shape index (κ2) is 5.99. The number of aliphatic hydroxyl groups excluding tert-OH is 1. The summed E-state index contributed by atoms with van der Waals surface area (Å²) in [6.07, 6.45) is -4.41. The van der Waals surface area contributed by atoms with Crippen molar-refractivity contribution >= 4 is 11.0 Å². The van der Waals surface area contributed by atoms with E-state index in [1.54, 1.807) is 13.8 Å². The lowest BCUT2D eigenvalue weighted by Gasteiger charge is -2.15. The van der Waals surface area contributed by atoms with Crippen molar-refractivity contribution in [3.8, 4) is 0 Å². The molecule has 3 aromatic rings. The minimum absolute atomic E-state index is 0.169. The molecule has 0 aliphatic carbocycles. The van der Waals surface area contributed by atoms with Crippen LogP contribution in [0.3, 0.4) is 0 Å². The number of rotatable bonds is 3. The van der Waals surface area contributed by atoms with E-state index in [0.29, 0.717) is 11.4 Å². The van der Waals surface area contributed by atoms with Crippen molar-refractivity contribution in [3.63, 3.8) is 0 Å². The summed E-state index contributed by atoms with van der Waals surface area (Å²) in [6.45, 7) is 2.89. The topological polar surface area (TPSA) is 83.8 Å². The fraction of sp³-hybridized carbons (Fsp3) is 0.312. The second-order valence-corrected chi connectivity index (χ2v) is 5.70. The summed E-state index contributed by atoms with van der Waals surface area (Å²) in [7, 11) is 0. The van der Waals surface area contributed by atoms with E-state index in [0.717, 1.165) is 12.1 Å². The van der Waals surface area contributed by atoms with Gasteiger partial charge in [-0.2, -0.15) is 18.3 Å². The molecule has 0 radical (unpaired) electrons. The van der Waals surface area contributed by atoms with Crippen LogP contribution in [0.1, 0.15) is 35.6 Å². The molecule has 1 atom stereocenters. The second-order valence-electron chi connectivity index (χ2n) is 5.70. The number of hydrogen-bond acceptors (Lipinski definition) is 4. The molecule has 0 aliphatic heterocycles. The number of nitrogens with zero attached hydrogens (tertiary/aromatic N) is 3. The summed E-state index contributed by atoms with van der Waals surface area (Å²) >= 11 is 0. The lowest BCUT2D eigenvalue weighted by Crippen LogP contribution is -2.13. The molecule has 6 nitrogen and oxygen atoms in total. The minimum Gasteiger partial charge on any atom is -0.390 e. The van der Waals surface area contributed by atoms with Crippen LogP contribution in [0.4, 0.5) is 13.2 Å². The highest BCUT2D eigenvalue weighted by molar-refractivity contribution is 5.77. The molecule has 3 rings (SSSR count). The summed E-state index contributed by atoms with van der Waals surface area (Å²) in [5, 5.41) is 13.8. The Kier molecular flexibility index (Phi) is 4.11. The number of fused-ring (bicyclic) bond motifs is 1. The van der Waals surface area contributed by atoms with Gasteiger partial charge in [0.2, 0.25) is 0 Å². The van der Waals surface area contributed by atoms with E-state index < -0.39 is 29.9 Å². The van der Waals surface area contributed by atoms with E-state index in [2.05, 4.69) is 15.1 Å². The first-order chi connectivity index (χ1) is 11.7. The molecule has 0 bridgehead atoms. The smallest absolute Gasteiger partial charge is 0.390 e. The summed E-state index contributed by atoms with van der Waals surface area (Å²) < 4.78 is 39.5. The number of aromatic nitrogens is 4. The number of benzene rings is 1. The van der Waals surface area contributed by atoms with Crippen molar-refractivity contribution in [3.05, 3.63) is 57.3 Å². The van der Waals surface area contributed by atoms with Crippen LogP contribution < -0.4 is 5.56 Å². The van der Waals surface area contributed by atoms with E-state index in [9.17, 15) is 23.1 Å². The molecule has 2 aromatic heterocycles. The SMILES string of the molecule is Cc1nc2c(c(CO)nn2[C@H](C)c2ccc(C(F)(F)F)cc2)c(=O)[nH]1. The standard InChI is InChI=1S/C16H15F3N4O2/c1-8(10-3-5-11(6-4-10)16(17,18)19)23-14-13(12(7-24)22-23)15(25)21-9(2)20-14/h3-6,8,24H,7H2,1-2H3,(H,20,21,25)/t8-/m1/s1. The molecule has 25 heavy (non-hydrogen) atoms. The Bertz CT molecular complexity index is 974. The summed E-state index contributed by atoms with van der Waals surface area (Å²) in [5.41, 5.74) is -0.144.